The third kappa shape index (κ3) is 4.86. The fourth-order valence-corrected chi connectivity index (χ4v) is 3.84. The van der Waals surface area contributed by atoms with E-state index in [1.54, 1.807) is 6.07 Å². The Morgan fingerprint density at radius 2 is 2.20 bits per heavy atom. The van der Waals surface area contributed by atoms with E-state index in [0.717, 1.165) is 25.9 Å². The van der Waals surface area contributed by atoms with E-state index >= 15 is 0 Å². The second-order valence-corrected chi connectivity index (χ2v) is 7.67. The van der Waals surface area contributed by atoms with Gasteiger partial charge in [-0.15, -0.1) is 12.4 Å². The molecule has 1 atom stereocenters. The van der Waals surface area contributed by atoms with Gasteiger partial charge >= 0.3 is 0 Å². The van der Waals surface area contributed by atoms with E-state index in [4.69, 9.17) is 11.6 Å². The first-order valence-corrected chi connectivity index (χ1v) is 8.80. The first-order valence-electron chi connectivity index (χ1n) is 6.14. The van der Waals surface area contributed by atoms with Crippen LogP contribution in [0.1, 0.15) is 12.8 Å². The van der Waals surface area contributed by atoms with Gasteiger partial charge in [-0.05, 0) is 66.0 Å². The molecule has 0 radical (unpaired) electrons. The Morgan fingerprint density at radius 1 is 1.45 bits per heavy atom. The molecule has 0 aromatic heterocycles. The fraction of sp³-hybridized carbons (Fsp3) is 0.500. The molecule has 0 spiro atoms. The van der Waals surface area contributed by atoms with Gasteiger partial charge in [0.2, 0.25) is 10.0 Å². The minimum absolute atomic E-state index is 0. The van der Waals surface area contributed by atoms with Crippen LogP contribution in [0.4, 0.5) is 0 Å². The molecule has 20 heavy (non-hydrogen) atoms. The van der Waals surface area contributed by atoms with Gasteiger partial charge in [0.1, 0.15) is 0 Å². The highest BCUT2D eigenvalue weighted by Gasteiger charge is 2.19. The van der Waals surface area contributed by atoms with Gasteiger partial charge < -0.3 is 5.32 Å². The summed E-state index contributed by atoms with van der Waals surface area (Å²) < 4.78 is 27.5. The third-order valence-electron chi connectivity index (χ3n) is 3.16. The minimum Gasteiger partial charge on any atom is -0.316 e. The van der Waals surface area contributed by atoms with Gasteiger partial charge in [0.05, 0.1) is 9.92 Å². The van der Waals surface area contributed by atoms with E-state index in [9.17, 15) is 8.42 Å². The van der Waals surface area contributed by atoms with Crippen molar-refractivity contribution in [2.24, 2.45) is 5.92 Å². The van der Waals surface area contributed by atoms with E-state index in [1.807, 2.05) is 0 Å². The second kappa shape index (κ2) is 7.96. The molecule has 2 rings (SSSR count). The lowest BCUT2D eigenvalue weighted by atomic mass is 10.0. The van der Waals surface area contributed by atoms with Crippen molar-refractivity contribution in [1.82, 2.24) is 10.0 Å². The molecule has 4 nitrogen and oxygen atoms in total. The summed E-state index contributed by atoms with van der Waals surface area (Å²) in [6, 6.07) is 4.60. The number of benzene rings is 1. The number of sulfonamides is 1. The second-order valence-electron chi connectivity index (χ2n) is 4.64. The summed E-state index contributed by atoms with van der Waals surface area (Å²) in [5, 5.41) is 3.76. The third-order valence-corrected chi connectivity index (χ3v) is 5.80. The number of halogens is 3. The first kappa shape index (κ1) is 18.2. The summed E-state index contributed by atoms with van der Waals surface area (Å²) in [6.45, 7) is 2.36. The van der Waals surface area contributed by atoms with Gasteiger partial charge in [0.25, 0.3) is 0 Å². The Bertz CT molecular complexity index is 548. The molecule has 0 amide bonds. The smallest absolute Gasteiger partial charge is 0.240 e. The summed E-state index contributed by atoms with van der Waals surface area (Å²) in [6.07, 6.45) is 2.15. The summed E-state index contributed by atoms with van der Waals surface area (Å²) in [7, 11) is -3.47. The van der Waals surface area contributed by atoms with Crippen molar-refractivity contribution in [3.8, 4) is 0 Å². The zero-order chi connectivity index (χ0) is 13.9. The van der Waals surface area contributed by atoms with Crippen molar-refractivity contribution in [2.45, 2.75) is 17.7 Å². The predicted molar refractivity (Wildman–Crippen MR) is 87.2 cm³/mol. The predicted octanol–water partition coefficient (Wildman–Crippen LogP) is 2.80. The van der Waals surface area contributed by atoms with E-state index in [-0.39, 0.29) is 17.3 Å². The minimum atomic E-state index is -3.47. The molecule has 1 aromatic carbocycles. The van der Waals surface area contributed by atoms with Crippen LogP contribution in [0.2, 0.25) is 5.02 Å². The fourth-order valence-electron chi connectivity index (χ4n) is 2.05. The van der Waals surface area contributed by atoms with Crippen molar-refractivity contribution in [3.05, 3.63) is 27.7 Å². The SMILES string of the molecule is Cl.O=S(=O)(NCC1CCCNC1)c1ccc(Cl)c(Br)c1. The number of hydrogen-bond acceptors (Lipinski definition) is 3. The van der Waals surface area contributed by atoms with Crippen LogP contribution in [0.15, 0.2) is 27.6 Å². The molecule has 1 aliphatic heterocycles. The molecule has 1 aromatic rings. The highest BCUT2D eigenvalue weighted by atomic mass is 79.9. The summed E-state index contributed by atoms with van der Waals surface area (Å²) >= 11 is 9.09. The van der Waals surface area contributed by atoms with E-state index < -0.39 is 10.0 Å². The highest BCUT2D eigenvalue weighted by molar-refractivity contribution is 9.10. The number of hydrogen-bond donors (Lipinski definition) is 2. The average Bonchev–Trinajstić information content (AvgIpc) is 2.41. The number of nitrogens with one attached hydrogen (secondary N) is 2. The van der Waals surface area contributed by atoms with Crippen molar-refractivity contribution in [2.75, 3.05) is 19.6 Å². The van der Waals surface area contributed by atoms with Gasteiger partial charge in [-0.25, -0.2) is 13.1 Å². The lowest BCUT2D eigenvalue weighted by Gasteiger charge is -2.22. The lowest BCUT2D eigenvalue weighted by Crippen LogP contribution is -2.38. The van der Waals surface area contributed by atoms with Crippen LogP contribution in [0, 0.1) is 5.92 Å². The monoisotopic (exact) mass is 402 g/mol. The first-order chi connectivity index (χ1) is 8.99. The molecule has 1 unspecified atom stereocenters. The van der Waals surface area contributed by atoms with Crippen molar-refractivity contribution in [3.63, 3.8) is 0 Å². The van der Waals surface area contributed by atoms with Crippen LogP contribution in [0.5, 0.6) is 0 Å². The maximum atomic E-state index is 12.1. The Balaban J connectivity index is 0.00000200. The van der Waals surface area contributed by atoms with Crippen LogP contribution in [-0.2, 0) is 10.0 Å². The molecular weight excluding hydrogens is 387 g/mol. The van der Waals surface area contributed by atoms with Crippen molar-refractivity contribution in [1.29, 1.82) is 0 Å². The van der Waals surface area contributed by atoms with Gasteiger partial charge in [-0.1, -0.05) is 11.6 Å². The lowest BCUT2D eigenvalue weighted by molar-refractivity contribution is 0.376. The van der Waals surface area contributed by atoms with Gasteiger partial charge in [0, 0.05) is 11.0 Å². The molecule has 2 N–H and O–H groups in total. The molecular formula is C12H17BrCl2N2O2S. The largest absolute Gasteiger partial charge is 0.316 e. The summed E-state index contributed by atoms with van der Waals surface area (Å²) in [5.74, 6) is 0.360. The maximum Gasteiger partial charge on any atom is 0.240 e. The van der Waals surface area contributed by atoms with Gasteiger partial charge in [-0.3, -0.25) is 0 Å². The zero-order valence-corrected chi connectivity index (χ0v) is 14.7. The highest BCUT2D eigenvalue weighted by Crippen LogP contribution is 2.25. The topological polar surface area (TPSA) is 58.2 Å². The van der Waals surface area contributed by atoms with Crippen LogP contribution in [0.3, 0.4) is 0 Å². The Labute approximate surface area is 139 Å². The van der Waals surface area contributed by atoms with E-state index in [1.165, 1.54) is 12.1 Å². The molecule has 0 bridgehead atoms. The normalized spacial score (nSPS) is 19.4. The van der Waals surface area contributed by atoms with Crippen LogP contribution in [-0.4, -0.2) is 28.1 Å². The van der Waals surface area contributed by atoms with E-state index in [0.29, 0.717) is 22.0 Å². The van der Waals surface area contributed by atoms with Crippen LogP contribution < -0.4 is 10.0 Å². The quantitative estimate of drug-likeness (QED) is 0.812. The van der Waals surface area contributed by atoms with Crippen LogP contribution >= 0.6 is 39.9 Å². The Morgan fingerprint density at radius 3 is 2.80 bits per heavy atom. The van der Waals surface area contributed by atoms with E-state index in [2.05, 4.69) is 26.0 Å². The maximum absolute atomic E-state index is 12.1. The molecule has 114 valence electrons. The van der Waals surface area contributed by atoms with Crippen LogP contribution in [0.25, 0.3) is 0 Å². The van der Waals surface area contributed by atoms with Crippen molar-refractivity contribution >= 4 is 50.0 Å². The number of rotatable bonds is 4. The zero-order valence-electron chi connectivity index (χ0n) is 10.7. The average molecular weight is 404 g/mol. The standard InChI is InChI=1S/C12H16BrClN2O2S.ClH/c13-11-6-10(3-4-12(11)14)19(17,18)16-8-9-2-1-5-15-7-9;/h3-4,6,9,15-16H,1-2,5,7-8H2;1H. The molecule has 0 aliphatic carbocycles. The summed E-state index contributed by atoms with van der Waals surface area (Å²) in [5.41, 5.74) is 0. The molecule has 1 aliphatic rings. The molecule has 1 fully saturated rings. The van der Waals surface area contributed by atoms with Gasteiger partial charge in [-0.2, -0.15) is 0 Å². The molecule has 1 saturated heterocycles. The Kier molecular flexibility index (Phi) is 7.24. The van der Waals surface area contributed by atoms with Crippen molar-refractivity contribution < 1.29 is 8.42 Å². The van der Waals surface area contributed by atoms with Gasteiger partial charge in [0.15, 0.2) is 0 Å². The molecule has 8 heteroatoms. The molecule has 0 saturated carbocycles. The molecule has 1 heterocycles. The Hall–Kier alpha value is 0.150. The number of piperidine rings is 1. The summed E-state index contributed by atoms with van der Waals surface area (Å²) in [4.78, 5) is 0.229.